The first-order valence-corrected chi connectivity index (χ1v) is 11.6. The molecule has 1 aliphatic rings. The molecule has 0 unspecified atom stereocenters. The summed E-state index contributed by atoms with van der Waals surface area (Å²) >= 11 is 9.33. The van der Waals surface area contributed by atoms with E-state index in [0.717, 1.165) is 53.5 Å². The van der Waals surface area contributed by atoms with Gasteiger partial charge in [-0.2, -0.15) is 0 Å². The standard InChI is InChI=1S/C21H22ClN3O2S2/c1-15-13-16(22)14-18-20(15)23-21(29-18)25(7-6-24-8-10-27-11-9-24)19(26)5-4-17-3-2-12-28-17/h2-5,12-14H,6-11H2,1H3. The lowest BCUT2D eigenvalue weighted by molar-refractivity contribution is -0.114. The van der Waals surface area contributed by atoms with Crippen LogP contribution >= 0.6 is 34.3 Å². The third kappa shape index (κ3) is 5.05. The Balaban J connectivity index is 1.59. The van der Waals surface area contributed by atoms with E-state index in [1.165, 1.54) is 11.3 Å². The SMILES string of the molecule is Cc1cc(Cl)cc2sc(N(CCN3CCOCC3)C(=O)C=Cc3cccs3)nc12. The summed E-state index contributed by atoms with van der Waals surface area (Å²) in [5, 5.41) is 3.40. The summed E-state index contributed by atoms with van der Waals surface area (Å²) in [5.41, 5.74) is 1.92. The number of anilines is 1. The Morgan fingerprint density at radius 1 is 1.38 bits per heavy atom. The number of morpholine rings is 1. The second-order valence-corrected chi connectivity index (χ2v) is 9.28. The summed E-state index contributed by atoms with van der Waals surface area (Å²) in [4.78, 5) is 23.0. The minimum atomic E-state index is -0.0607. The van der Waals surface area contributed by atoms with Crippen LogP contribution in [0.15, 0.2) is 35.7 Å². The van der Waals surface area contributed by atoms with E-state index in [-0.39, 0.29) is 5.91 Å². The van der Waals surface area contributed by atoms with Crippen molar-refractivity contribution in [3.8, 4) is 0 Å². The molecule has 8 heteroatoms. The average Bonchev–Trinajstić information content (AvgIpc) is 3.37. The van der Waals surface area contributed by atoms with Gasteiger partial charge in [0.05, 0.1) is 23.4 Å². The maximum absolute atomic E-state index is 13.1. The largest absolute Gasteiger partial charge is 0.379 e. The fourth-order valence-electron chi connectivity index (χ4n) is 3.25. The summed E-state index contributed by atoms with van der Waals surface area (Å²) in [6, 6.07) is 7.79. The topological polar surface area (TPSA) is 45.7 Å². The van der Waals surface area contributed by atoms with Crippen molar-refractivity contribution < 1.29 is 9.53 Å². The van der Waals surface area contributed by atoms with Gasteiger partial charge in [-0.3, -0.25) is 14.6 Å². The summed E-state index contributed by atoms with van der Waals surface area (Å²) in [6.45, 7) is 6.63. The van der Waals surface area contributed by atoms with Gasteiger partial charge in [0.25, 0.3) is 5.91 Å². The molecule has 0 saturated carbocycles. The lowest BCUT2D eigenvalue weighted by Gasteiger charge is -2.28. The van der Waals surface area contributed by atoms with Crippen LogP contribution in [0, 0.1) is 6.92 Å². The molecule has 0 N–H and O–H groups in total. The minimum absolute atomic E-state index is 0.0607. The van der Waals surface area contributed by atoms with Crippen LogP contribution in [0.1, 0.15) is 10.4 Å². The van der Waals surface area contributed by atoms with Gasteiger partial charge >= 0.3 is 0 Å². The predicted molar refractivity (Wildman–Crippen MR) is 122 cm³/mol. The summed E-state index contributed by atoms with van der Waals surface area (Å²) < 4.78 is 6.42. The number of thiophene rings is 1. The van der Waals surface area contributed by atoms with Crippen LogP contribution in [0.3, 0.4) is 0 Å². The highest BCUT2D eigenvalue weighted by Crippen LogP contribution is 2.33. The van der Waals surface area contributed by atoms with Gasteiger partial charge in [0, 0.05) is 42.2 Å². The molecule has 0 atom stereocenters. The minimum Gasteiger partial charge on any atom is -0.379 e. The van der Waals surface area contributed by atoms with E-state index in [2.05, 4.69) is 4.90 Å². The predicted octanol–water partition coefficient (Wildman–Crippen LogP) is 4.70. The van der Waals surface area contributed by atoms with Crippen LogP contribution in [-0.2, 0) is 9.53 Å². The molecule has 1 saturated heterocycles. The zero-order chi connectivity index (χ0) is 20.2. The number of fused-ring (bicyclic) bond motifs is 1. The summed E-state index contributed by atoms with van der Waals surface area (Å²) in [5.74, 6) is -0.0607. The highest BCUT2D eigenvalue weighted by atomic mass is 35.5. The second kappa shape index (κ2) is 9.36. The smallest absolute Gasteiger partial charge is 0.252 e. The van der Waals surface area contributed by atoms with Crippen LogP contribution in [0.2, 0.25) is 5.02 Å². The van der Waals surface area contributed by atoms with E-state index in [9.17, 15) is 4.79 Å². The van der Waals surface area contributed by atoms with Crippen LogP contribution < -0.4 is 4.90 Å². The molecule has 0 bridgehead atoms. The average molecular weight is 448 g/mol. The lowest BCUT2D eigenvalue weighted by Crippen LogP contribution is -2.42. The van der Waals surface area contributed by atoms with Crippen molar-refractivity contribution in [2.24, 2.45) is 0 Å². The number of aromatic nitrogens is 1. The molecular formula is C21H22ClN3O2S2. The molecule has 1 fully saturated rings. The van der Waals surface area contributed by atoms with Crippen LogP contribution in [0.25, 0.3) is 16.3 Å². The molecule has 2 aromatic heterocycles. The van der Waals surface area contributed by atoms with Crippen molar-refractivity contribution in [2.45, 2.75) is 6.92 Å². The number of hydrogen-bond acceptors (Lipinski definition) is 6. The Morgan fingerprint density at radius 2 is 2.21 bits per heavy atom. The molecule has 3 aromatic rings. The quantitative estimate of drug-likeness (QED) is 0.514. The third-order valence-corrected chi connectivity index (χ3v) is 6.89. The van der Waals surface area contributed by atoms with Crippen molar-refractivity contribution in [1.82, 2.24) is 9.88 Å². The number of halogens is 1. The van der Waals surface area contributed by atoms with E-state index in [4.69, 9.17) is 21.3 Å². The van der Waals surface area contributed by atoms with Gasteiger partial charge in [0.2, 0.25) is 0 Å². The van der Waals surface area contributed by atoms with E-state index in [0.29, 0.717) is 16.7 Å². The number of carbonyl (C=O) groups is 1. The number of carbonyl (C=O) groups excluding carboxylic acids is 1. The fraction of sp³-hybridized carbons (Fsp3) is 0.333. The number of rotatable bonds is 6. The van der Waals surface area contributed by atoms with E-state index in [1.807, 2.05) is 42.6 Å². The number of thiazole rings is 1. The van der Waals surface area contributed by atoms with Gasteiger partial charge < -0.3 is 4.74 Å². The van der Waals surface area contributed by atoms with E-state index >= 15 is 0 Å². The van der Waals surface area contributed by atoms with Crippen LogP contribution in [0.4, 0.5) is 5.13 Å². The molecule has 1 aromatic carbocycles. The zero-order valence-electron chi connectivity index (χ0n) is 16.1. The first-order chi connectivity index (χ1) is 14.1. The van der Waals surface area contributed by atoms with Gasteiger partial charge in [-0.25, -0.2) is 4.98 Å². The van der Waals surface area contributed by atoms with Crippen LogP contribution in [-0.4, -0.2) is 55.2 Å². The number of amides is 1. The maximum atomic E-state index is 13.1. The highest BCUT2D eigenvalue weighted by Gasteiger charge is 2.20. The Kier molecular flexibility index (Phi) is 6.62. The molecule has 0 aliphatic carbocycles. The number of benzene rings is 1. The summed E-state index contributed by atoms with van der Waals surface area (Å²) in [6.07, 6.45) is 3.50. The monoisotopic (exact) mass is 447 g/mol. The Labute approximate surface area is 183 Å². The Bertz CT molecular complexity index is 1010. The first-order valence-electron chi connectivity index (χ1n) is 9.50. The van der Waals surface area contributed by atoms with Gasteiger partial charge in [-0.05, 0) is 42.1 Å². The molecule has 29 heavy (non-hydrogen) atoms. The molecule has 0 radical (unpaired) electrons. The number of nitrogens with zero attached hydrogens (tertiary/aromatic N) is 3. The lowest BCUT2D eigenvalue weighted by atomic mass is 10.2. The normalized spacial score (nSPS) is 15.4. The van der Waals surface area contributed by atoms with Crippen molar-refractivity contribution in [3.05, 3.63) is 51.2 Å². The Morgan fingerprint density at radius 3 is 2.97 bits per heavy atom. The van der Waals surface area contributed by atoms with Gasteiger partial charge in [0.1, 0.15) is 0 Å². The highest BCUT2D eigenvalue weighted by molar-refractivity contribution is 7.22. The third-order valence-electron chi connectivity index (χ3n) is 4.81. The van der Waals surface area contributed by atoms with E-state index in [1.54, 1.807) is 22.3 Å². The second-order valence-electron chi connectivity index (χ2n) is 6.86. The van der Waals surface area contributed by atoms with E-state index < -0.39 is 0 Å². The van der Waals surface area contributed by atoms with Gasteiger partial charge in [0.15, 0.2) is 5.13 Å². The maximum Gasteiger partial charge on any atom is 0.252 e. The molecule has 1 amide bonds. The van der Waals surface area contributed by atoms with Crippen molar-refractivity contribution in [2.75, 3.05) is 44.3 Å². The number of aryl methyl sites for hydroxylation is 1. The number of ether oxygens (including phenoxy) is 1. The molecule has 1 aliphatic heterocycles. The fourth-order valence-corrected chi connectivity index (χ4v) is 5.32. The molecular weight excluding hydrogens is 426 g/mol. The first kappa shape index (κ1) is 20.5. The van der Waals surface area contributed by atoms with Gasteiger partial charge in [-0.1, -0.05) is 29.0 Å². The molecule has 3 heterocycles. The van der Waals surface area contributed by atoms with Gasteiger partial charge in [-0.15, -0.1) is 11.3 Å². The van der Waals surface area contributed by atoms with Crippen LogP contribution in [0.5, 0.6) is 0 Å². The molecule has 4 rings (SSSR count). The van der Waals surface area contributed by atoms with Crippen molar-refractivity contribution in [1.29, 1.82) is 0 Å². The number of hydrogen-bond donors (Lipinski definition) is 0. The summed E-state index contributed by atoms with van der Waals surface area (Å²) in [7, 11) is 0. The van der Waals surface area contributed by atoms with Crippen molar-refractivity contribution >= 4 is 61.6 Å². The zero-order valence-corrected chi connectivity index (χ0v) is 18.5. The Hall–Kier alpha value is -1.77. The molecule has 0 spiro atoms. The molecule has 5 nitrogen and oxygen atoms in total. The van der Waals surface area contributed by atoms with Crippen molar-refractivity contribution in [3.63, 3.8) is 0 Å². The molecule has 152 valence electrons.